The number of hydrogen-bond acceptors (Lipinski definition) is 2. The van der Waals surface area contributed by atoms with Crippen molar-refractivity contribution < 1.29 is 9.18 Å². The molecule has 0 radical (unpaired) electrons. The molecule has 1 aliphatic rings. The smallest absolute Gasteiger partial charge is 0.321 e. The Hall–Kier alpha value is -1.62. The number of halogens is 1. The lowest BCUT2D eigenvalue weighted by atomic mass is 10.1. The molecule has 98 valence electrons. The number of nitrogens with zero attached hydrogens (tertiary/aromatic N) is 1. The van der Waals surface area contributed by atoms with Gasteiger partial charge in [-0.15, -0.1) is 0 Å². The van der Waals surface area contributed by atoms with Crippen molar-refractivity contribution in [3.63, 3.8) is 0 Å². The summed E-state index contributed by atoms with van der Waals surface area (Å²) in [4.78, 5) is 13.6. The normalized spacial score (nSPS) is 16.2. The first-order valence-electron chi connectivity index (χ1n) is 6.11. The second-order valence-electron chi connectivity index (χ2n) is 4.69. The molecule has 0 aromatic heterocycles. The van der Waals surface area contributed by atoms with Crippen LogP contribution in [0.2, 0.25) is 0 Å². The largest absolute Gasteiger partial charge is 0.328 e. The van der Waals surface area contributed by atoms with Crippen molar-refractivity contribution in [2.24, 2.45) is 11.7 Å². The molecule has 18 heavy (non-hydrogen) atoms. The molecule has 1 aliphatic carbocycles. The molecule has 1 fully saturated rings. The van der Waals surface area contributed by atoms with Gasteiger partial charge in [0.2, 0.25) is 0 Å². The third-order valence-corrected chi connectivity index (χ3v) is 3.30. The van der Waals surface area contributed by atoms with E-state index in [0.717, 1.165) is 12.8 Å². The Morgan fingerprint density at radius 2 is 2.33 bits per heavy atom. The Morgan fingerprint density at radius 3 is 2.89 bits per heavy atom. The van der Waals surface area contributed by atoms with Crippen molar-refractivity contribution in [2.45, 2.75) is 18.9 Å². The molecule has 5 heteroatoms. The van der Waals surface area contributed by atoms with E-state index < -0.39 is 0 Å². The molecule has 0 spiro atoms. The standard InChI is InChI=1S/C13H18FN3O/c1-17(12(8-15)9-5-6-9)13(18)16-11-4-2-3-10(14)7-11/h2-4,7,9,12H,5-6,8,15H2,1H3,(H,16,18). The number of likely N-dealkylation sites (N-methyl/N-ethyl adjacent to an activating group) is 1. The van der Waals surface area contributed by atoms with E-state index in [1.807, 2.05) is 0 Å². The minimum absolute atomic E-state index is 0.0681. The molecule has 0 saturated heterocycles. The van der Waals surface area contributed by atoms with E-state index >= 15 is 0 Å². The van der Waals surface area contributed by atoms with Crippen molar-refractivity contribution in [3.05, 3.63) is 30.1 Å². The van der Waals surface area contributed by atoms with Gasteiger partial charge in [0.05, 0.1) is 0 Å². The summed E-state index contributed by atoms with van der Waals surface area (Å²) in [5.74, 6) is 0.145. The maximum Gasteiger partial charge on any atom is 0.321 e. The Morgan fingerprint density at radius 1 is 1.61 bits per heavy atom. The zero-order valence-electron chi connectivity index (χ0n) is 10.4. The van der Waals surface area contributed by atoms with Gasteiger partial charge in [0, 0.05) is 25.3 Å². The van der Waals surface area contributed by atoms with Crippen molar-refractivity contribution in [1.82, 2.24) is 4.90 Å². The fourth-order valence-electron chi connectivity index (χ4n) is 2.08. The van der Waals surface area contributed by atoms with Crippen LogP contribution in [-0.2, 0) is 0 Å². The Labute approximate surface area is 106 Å². The average Bonchev–Trinajstić information content (AvgIpc) is 3.14. The number of amides is 2. The summed E-state index contributed by atoms with van der Waals surface area (Å²) in [5, 5.41) is 2.67. The van der Waals surface area contributed by atoms with Gasteiger partial charge in [0.15, 0.2) is 0 Å². The van der Waals surface area contributed by atoms with Crippen LogP contribution < -0.4 is 11.1 Å². The van der Waals surface area contributed by atoms with Gasteiger partial charge in [-0.25, -0.2) is 9.18 Å². The van der Waals surface area contributed by atoms with E-state index in [-0.39, 0.29) is 17.9 Å². The Kier molecular flexibility index (Phi) is 3.81. The second kappa shape index (κ2) is 5.35. The third-order valence-electron chi connectivity index (χ3n) is 3.30. The molecule has 0 bridgehead atoms. The van der Waals surface area contributed by atoms with E-state index in [4.69, 9.17) is 5.73 Å². The lowest BCUT2D eigenvalue weighted by molar-refractivity contribution is 0.198. The van der Waals surface area contributed by atoms with E-state index in [1.54, 1.807) is 24.1 Å². The van der Waals surface area contributed by atoms with Crippen LogP contribution in [-0.4, -0.2) is 30.6 Å². The van der Waals surface area contributed by atoms with Gasteiger partial charge in [-0.05, 0) is 37.0 Å². The first kappa shape index (κ1) is 12.8. The van der Waals surface area contributed by atoms with Gasteiger partial charge in [0.1, 0.15) is 5.82 Å². The predicted octanol–water partition coefficient (Wildman–Crippen LogP) is 2.03. The monoisotopic (exact) mass is 251 g/mol. The number of nitrogens with two attached hydrogens (primary N) is 1. The van der Waals surface area contributed by atoms with Gasteiger partial charge in [-0.1, -0.05) is 6.07 Å². The molecule has 0 aliphatic heterocycles. The van der Waals surface area contributed by atoms with Crippen molar-refractivity contribution in [1.29, 1.82) is 0 Å². The van der Waals surface area contributed by atoms with Crippen LogP contribution >= 0.6 is 0 Å². The van der Waals surface area contributed by atoms with E-state index in [9.17, 15) is 9.18 Å². The highest BCUT2D eigenvalue weighted by atomic mass is 19.1. The lowest BCUT2D eigenvalue weighted by Crippen LogP contribution is -2.45. The van der Waals surface area contributed by atoms with Crippen molar-refractivity contribution in [2.75, 3.05) is 18.9 Å². The van der Waals surface area contributed by atoms with Gasteiger partial charge in [0.25, 0.3) is 0 Å². The predicted molar refractivity (Wildman–Crippen MR) is 68.7 cm³/mol. The van der Waals surface area contributed by atoms with E-state index in [1.165, 1.54) is 12.1 Å². The molecule has 4 nitrogen and oxygen atoms in total. The zero-order chi connectivity index (χ0) is 13.1. The molecule has 1 atom stereocenters. The van der Waals surface area contributed by atoms with Crippen LogP contribution in [0.3, 0.4) is 0 Å². The highest BCUT2D eigenvalue weighted by molar-refractivity contribution is 5.89. The third kappa shape index (κ3) is 2.98. The molecule has 1 saturated carbocycles. The van der Waals surface area contributed by atoms with Crippen LogP contribution in [0, 0.1) is 11.7 Å². The Balaban J connectivity index is 1.98. The van der Waals surface area contributed by atoms with Gasteiger partial charge >= 0.3 is 6.03 Å². The number of anilines is 1. The molecule has 0 heterocycles. The summed E-state index contributed by atoms with van der Waals surface area (Å²) >= 11 is 0. The van der Waals surface area contributed by atoms with Crippen LogP contribution in [0.1, 0.15) is 12.8 Å². The topological polar surface area (TPSA) is 58.4 Å². The summed E-state index contributed by atoms with van der Waals surface area (Å²) in [6, 6.07) is 5.67. The zero-order valence-corrected chi connectivity index (χ0v) is 10.4. The minimum atomic E-state index is -0.368. The molecule has 1 aromatic rings. The number of rotatable bonds is 4. The highest BCUT2D eigenvalue weighted by Crippen LogP contribution is 2.34. The van der Waals surface area contributed by atoms with E-state index in [0.29, 0.717) is 18.2 Å². The number of hydrogen-bond donors (Lipinski definition) is 2. The Bertz CT molecular complexity index is 434. The maximum absolute atomic E-state index is 13.0. The molecule has 2 rings (SSSR count). The summed E-state index contributed by atoms with van der Waals surface area (Å²) in [5.41, 5.74) is 6.15. The van der Waals surface area contributed by atoms with Crippen LogP contribution in [0.25, 0.3) is 0 Å². The van der Waals surface area contributed by atoms with Crippen LogP contribution in [0.15, 0.2) is 24.3 Å². The minimum Gasteiger partial charge on any atom is -0.328 e. The van der Waals surface area contributed by atoms with Gasteiger partial charge in [-0.2, -0.15) is 0 Å². The quantitative estimate of drug-likeness (QED) is 0.860. The van der Waals surface area contributed by atoms with Crippen LogP contribution in [0.4, 0.5) is 14.9 Å². The average molecular weight is 251 g/mol. The first-order valence-corrected chi connectivity index (χ1v) is 6.11. The fourth-order valence-corrected chi connectivity index (χ4v) is 2.08. The number of carbonyl (C=O) groups excluding carboxylic acids is 1. The SMILES string of the molecule is CN(C(=O)Nc1cccc(F)c1)C(CN)C1CC1. The molecule has 1 aromatic carbocycles. The van der Waals surface area contributed by atoms with Gasteiger partial charge in [-0.3, -0.25) is 0 Å². The molecule has 3 N–H and O–H groups in total. The first-order chi connectivity index (χ1) is 8.61. The maximum atomic E-state index is 13.0. The lowest BCUT2D eigenvalue weighted by Gasteiger charge is -2.27. The second-order valence-corrected chi connectivity index (χ2v) is 4.69. The summed E-state index contributed by atoms with van der Waals surface area (Å²) in [6.07, 6.45) is 2.25. The molecular weight excluding hydrogens is 233 g/mol. The van der Waals surface area contributed by atoms with E-state index in [2.05, 4.69) is 5.32 Å². The molecule has 1 unspecified atom stereocenters. The summed E-state index contributed by atoms with van der Waals surface area (Å²) in [7, 11) is 1.73. The van der Waals surface area contributed by atoms with Crippen molar-refractivity contribution >= 4 is 11.7 Å². The number of benzene rings is 1. The number of nitrogens with one attached hydrogen (secondary N) is 1. The fraction of sp³-hybridized carbons (Fsp3) is 0.462. The van der Waals surface area contributed by atoms with Crippen LogP contribution in [0.5, 0.6) is 0 Å². The summed E-state index contributed by atoms with van der Waals surface area (Å²) in [6.45, 7) is 0.456. The number of urea groups is 1. The van der Waals surface area contributed by atoms with Crippen molar-refractivity contribution in [3.8, 4) is 0 Å². The highest BCUT2D eigenvalue weighted by Gasteiger charge is 2.34. The number of carbonyl (C=O) groups is 1. The molecule has 2 amide bonds. The summed E-state index contributed by atoms with van der Waals surface area (Å²) < 4.78 is 13.0. The molecular formula is C13H18FN3O. The van der Waals surface area contributed by atoms with Gasteiger partial charge < -0.3 is 16.0 Å².